The molecule has 0 N–H and O–H groups in total. The molecule has 3 aromatic carbocycles. The zero-order valence-corrected chi connectivity index (χ0v) is 22.2. The molecule has 1 heteroatoms. The Bertz CT molecular complexity index is 1400. The largest absolute Gasteiger partial charge is 0.294 e. The molecule has 0 heterocycles. The molecule has 37 heavy (non-hydrogen) atoms. The summed E-state index contributed by atoms with van der Waals surface area (Å²) < 4.78 is 0. The van der Waals surface area contributed by atoms with Crippen molar-refractivity contribution in [2.24, 2.45) is 5.92 Å². The lowest BCUT2D eigenvalue weighted by Crippen LogP contribution is -2.08. The van der Waals surface area contributed by atoms with Gasteiger partial charge in [0.05, 0.1) is 0 Å². The molecule has 0 amide bonds. The molecule has 1 aliphatic rings. The highest BCUT2D eigenvalue weighted by Gasteiger charge is 2.13. The fraction of sp³-hybridized carbons (Fsp3) is 0.194. The lowest BCUT2D eigenvalue weighted by molar-refractivity contribution is -0.114. The SMILES string of the molecule is C=C(c1cccc(CC(=O)C2=CCC(C)C=C2)c1)c1ccc(C(=C\C)/C=C/c2ccccc2)c(CC)c1. The number of Topliss-reactive ketones (excluding diaryl/α,β-unsaturated/α-hetero) is 1. The van der Waals surface area contributed by atoms with Crippen LogP contribution in [-0.4, -0.2) is 5.78 Å². The zero-order chi connectivity index (χ0) is 26.2. The van der Waals surface area contributed by atoms with Gasteiger partial charge in [-0.3, -0.25) is 4.79 Å². The number of aryl methyl sites for hydroxylation is 1. The Morgan fingerprint density at radius 1 is 1.00 bits per heavy atom. The van der Waals surface area contributed by atoms with E-state index in [0.29, 0.717) is 12.3 Å². The molecule has 1 atom stereocenters. The maximum absolute atomic E-state index is 12.8. The van der Waals surface area contributed by atoms with E-state index in [1.54, 1.807) is 0 Å². The minimum Gasteiger partial charge on any atom is -0.294 e. The van der Waals surface area contributed by atoms with Crippen LogP contribution >= 0.6 is 0 Å². The Hall–Kier alpha value is -3.97. The van der Waals surface area contributed by atoms with Gasteiger partial charge in [-0.05, 0) is 70.2 Å². The lowest BCUT2D eigenvalue weighted by Gasteiger charge is -2.14. The number of hydrogen-bond donors (Lipinski definition) is 0. The fourth-order valence-corrected chi connectivity index (χ4v) is 4.70. The molecule has 0 radical (unpaired) electrons. The predicted octanol–water partition coefficient (Wildman–Crippen LogP) is 9.06. The van der Waals surface area contributed by atoms with E-state index < -0.39 is 0 Å². The van der Waals surface area contributed by atoms with Crippen LogP contribution in [0.2, 0.25) is 0 Å². The lowest BCUT2D eigenvalue weighted by atomic mass is 9.90. The molecule has 0 saturated carbocycles. The normalized spacial score (nSPS) is 15.6. The van der Waals surface area contributed by atoms with E-state index in [0.717, 1.165) is 40.7 Å². The molecule has 4 rings (SSSR count). The zero-order valence-electron chi connectivity index (χ0n) is 22.2. The predicted molar refractivity (Wildman–Crippen MR) is 159 cm³/mol. The molecule has 0 aliphatic heterocycles. The van der Waals surface area contributed by atoms with Gasteiger partial charge in [0.25, 0.3) is 0 Å². The number of benzene rings is 3. The van der Waals surface area contributed by atoms with Crippen molar-refractivity contribution in [1.82, 2.24) is 0 Å². The first-order valence-electron chi connectivity index (χ1n) is 13.2. The summed E-state index contributed by atoms with van der Waals surface area (Å²) in [5.41, 5.74) is 9.92. The van der Waals surface area contributed by atoms with Gasteiger partial charge in [-0.15, -0.1) is 0 Å². The van der Waals surface area contributed by atoms with Crippen molar-refractivity contribution in [3.05, 3.63) is 149 Å². The van der Waals surface area contributed by atoms with Crippen molar-refractivity contribution in [3.63, 3.8) is 0 Å². The highest BCUT2D eigenvalue weighted by Crippen LogP contribution is 2.29. The summed E-state index contributed by atoms with van der Waals surface area (Å²) in [6.45, 7) is 10.9. The first-order valence-corrected chi connectivity index (χ1v) is 13.2. The number of carbonyl (C=O) groups is 1. The van der Waals surface area contributed by atoms with Crippen LogP contribution in [0.1, 0.15) is 60.6 Å². The van der Waals surface area contributed by atoms with E-state index in [1.807, 2.05) is 24.3 Å². The molecule has 0 spiro atoms. The molecule has 1 aliphatic carbocycles. The fourth-order valence-electron chi connectivity index (χ4n) is 4.70. The summed E-state index contributed by atoms with van der Waals surface area (Å²) in [5, 5.41) is 0. The van der Waals surface area contributed by atoms with E-state index in [9.17, 15) is 4.79 Å². The third kappa shape index (κ3) is 6.62. The first-order chi connectivity index (χ1) is 18.0. The van der Waals surface area contributed by atoms with Gasteiger partial charge >= 0.3 is 0 Å². The second kappa shape index (κ2) is 12.3. The van der Waals surface area contributed by atoms with Crippen molar-refractivity contribution in [2.75, 3.05) is 0 Å². The van der Waals surface area contributed by atoms with Crippen molar-refractivity contribution in [3.8, 4) is 0 Å². The quantitative estimate of drug-likeness (QED) is 0.277. The molecular formula is C36H36O. The standard InChI is InChI=1S/C36H36O/c1-5-30(20-17-28-11-8-7-9-12-28)35-22-21-34(25-31(35)6-2)27(4)33-14-10-13-29(23-33)24-36(37)32-18-15-26(3)16-19-32/h5,7-15,17-23,25-26H,4,6,16,24H2,1-3H3/b20-17+,30-5-. The number of allylic oxidation sites excluding steroid dienone is 7. The summed E-state index contributed by atoms with van der Waals surface area (Å²) in [7, 11) is 0. The van der Waals surface area contributed by atoms with Crippen LogP contribution in [0.3, 0.4) is 0 Å². The Morgan fingerprint density at radius 3 is 2.49 bits per heavy atom. The van der Waals surface area contributed by atoms with Crippen LogP contribution in [-0.2, 0) is 17.6 Å². The number of hydrogen-bond acceptors (Lipinski definition) is 1. The maximum Gasteiger partial charge on any atom is 0.166 e. The Labute approximate surface area is 222 Å². The maximum atomic E-state index is 12.8. The molecule has 0 aromatic heterocycles. The second-order valence-electron chi connectivity index (χ2n) is 9.72. The third-order valence-corrected chi connectivity index (χ3v) is 6.99. The molecule has 0 fully saturated rings. The molecule has 1 unspecified atom stereocenters. The van der Waals surface area contributed by atoms with Crippen LogP contribution in [0.25, 0.3) is 17.2 Å². The van der Waals surface area contributed by atoms with Gasteiger partial charge in [0.1, 0.15) is 0 Å². The van der Waals surface area contributed by atoms with Crippen molar-refractivity contribution < 1.29 is 4.79 Å². The van der Waals surface area contributed by atoms with E-state index in [1.165, 1.54) is 22.3 Å². The number of carbonyl (C=O) groups excluding carboxylic acids is 1. The smallest absolute Gasteiger partial charge is 0.166 e. The van der Waals surface area contributed by atoms with Gasteiger partial charge in [-0.2, -0.15) is 0 Å². The van der Waals surface area contributed by atoms with Gasteiger partial charge < -0.3 is 0 Å². The van der Waals surface area contributed by atoms with E-state index in [4.69, 9.17) is 0 Å². The van der Waals surface area contributed by atoms with Crippen molar-refractivity contribution >= 4 is 23.0 Å². The molecule has 0 saturated heterocycles. The minimum atomic E-state index is 0.172. The Morgan fingerprint density at radius 2 is 1.78 bits per heavy atom. The van der Waals surface area contributed by atoms with Gasteiger partial charge in [0, 0.05) is 12.0 Å². The average Bonchev–Trinajstić information content (AvgIpc) is 2.94. The van der Waals surface area contributed by atoms with Gasteiger partial charge in [0.2, 0.25) is 0 Å². The van der Waals surface area contributed by atoms with E-state index in [2.05, 4.69) is 112 Å². The van der Waals surface area contributed by atoms with Gasteiger partial charge in [-0.25, -0.2) is 0 Å². The van der Waals surface area contributed by atoms with Gasteiger partial charge in [-0.1, -0.05) is 130 Å². The van der Waals surface area contributed by atoms with E-state index >= 15 is 0 Å². The van der Waals surface area contributed by atoms with Crippen LogP contribution in [0, 0.1) is 5.92 Å². The highest BCUT2D eigenvalue weighted by atomic mass is 16.1. The number of ketones is 1. The van der Waals surface area contributed by atoms with Crippen molar-refractivity contribution in [1.29, 1.82) is 0 Å². The topological polar surface area (TPSA) is 17.1 Å². The molecule has 3 aromatic rings. The monoisotopic (exact) mass is 484 g/mol. The molecule has 0 bridgehead atoms. The summed E-state index contributed by atoms with van der Waals surface area (Å²) in [6.07, 6.45) is 15.0. The number of rotatable bonds is 9. The average molecular weight is 485 g/mol. The molecular weight excluding hydrogens is 448 g/mol. The van der Waals surface area contributed by atoms with Crippen LogP contribution in [0.15, 0.2) is 115 Å². The Kier molecular flexibility index (Phi) is 8.69. The Balaban J connectivity index is 1.53. The van der Waals surface area contributed by atoms with Crippen LogP contribution < -0.4 is 0 Å². The molecule has 1 nitrogen and oxygen atoms in total. The van der Waals surface area contributed by atoms with Gasteiger partial charge in [0.15, 0.2) is 5.78 Å². The van der Waals surface area contributed by atoms with Crippen LogP contribution in [0.5, 0.6) is 0 Å². The van der Waals surface area contributed by atoms with E-state index in [-0.39, 0.29) is 5.78 Å². The molecule has 186 valence electrons. The van der Waals surface area contributed by atoms with Crippen LogP contribution in [0.4, 0.5) is 0 Å². The second-order valence-corrected chi connectivity index (χ2v) is 9.72. The summed E-state index contributed by atoms with van der Waals surface area (Å²) in [6, 6.07) is 25.2. The summed E-state index contributed by atoms with van der Waals surface area (Å²) >= 11 is 0. The highest BCUT2D eigenvalue weighted by molar-refractivity contribution is 5.99. The minimum absolute atomic E-state index is 0.172. The summed E-state index contributed by atoms with van der Waals surface area (Å²) in [5.74, 6) is 0.678. The first kappa shape index (κ1) is 26.1. The van der Waals surface area contributed by atoms with Crippen molar-refractivity contribution in [2.45, 2.75) is 40.0 Å². The third-order valence-electron chi connectivity index (χ3n) is 6.99. The summed E-state index contributed by atoms with van der Waals surface area (Å²) in [4.78, 5) is 12.8.